The Bertz CT molecular complexity index is 1490. The topological polar surface area (TPSA) is 82.2 Å². The van der Waals surface area contributed by atoms with E-state index >= 15 is 4.79 Å². The summed E-state index contributed by atoms with van der Waals surface area (Å²) in [7, 11) is 2.03. The number of likely N-dealkylation sites (N-methyl/N-ethyl adjacent to an activating group) is 1. The Morgan fingerprint density at radius 3 is 2.46 bits per heavy atom. The third-order valence-corrected chi connectivity index (χ3v) is 9.32. The lowest BCUT2D eigenvalue weighted by Crippen LogP contribution is -2.74. The minimum absolute atomic E-state index is 0.0512. The Balaban J connectivity index is 1.73. The smallest absolute Gasteiger partial charge is 0.416 e. The number of hydrogen-bond acceptors (Lipinski definition) is 5. The van der Waals surface area contributed by atoms with Crippen molar-refractivity contribution >= 4 is 29.3 Å². The van der Waals surface area contributed by atoms with E-state index in [9.17, 15) is 9.59 Å². The van der Waals surface area contributed by atoms with E-state index in [0.717, 1.165) is 28.0 Å². The Morgan fingerprint density at radius 2 is 1.78 bits per heavy atom. The highest BCUT2D eigenvalue weighted by atomic mass is 16.6. The second kappa shape index (κ2) is 9.10. The average molecular weight is 557 g/mol. The summed E-state index contributed by atoms with van der Waals surface area (Å²) in [6, 6.07) is 13.9. The summed E-state index contributed by atoms with van der Waals surface area (Å²) in [4.78, 5) is 47.6. The van der Waals surface area contributed by atoms with Crippen LogP contribution < -0.4 is 15.1 Å². The van der Waals surface area contributed by atoms with Crippen molar-refractivity contribution in [1.82, 2.24) is 10.2 Å². The molecule has 7 rings (SSSR count). The summed E-state index contributed by atoms with van der Waals surface area (Å²) < 4.78 is 6.05. The molecule has 8 heteroatoms. The number of ether oxygens (including phenoxy) is 1. The highest BCUT2D eigenvalue weighted by Crippen LogP contribution is 2.69. The fourth-order valence-electron chi connectivity index (χ4n) is 8.17. The van der Waals surface area contributed by atoms with Gasteiger partial charge in [0.1, 0.15) is 11.8 Å². The van der Waals surface area contributed by atoms with Crippen LogP contribution in [-0.4, -0.2) is 54.7 Å². The minimum atomic E-state index is -1.01. The molecule has 1 spiro atoms. The predicted octanol–water partition coefficient (Wildman–Crippen LogP) is 5.17. The van der Waals surface area contributed by atoms with Crippen LogP contribution in [0.15, 0.2) is 54.1 Å². The molecule has 2 bridgehead atoms. The van der Waals surface area contributed by atoms with Crippen molar-refractivity contribution in [1.29, 1.82) is 0 Å². The first-order valence-electron chi connectivity index (χ1n) is 14.5. The van der Waals surface area contributed by atoms with Crippen molar-refractivity contribution in [3.8, 4) is 0 Å². The SMILES string of the molecule is CC(=O)NCC[C@]12C(=O)N3CC[C@@]14c1c(cccc1N(C)[C@H]4N(C(=O)OC(C)(C)C)c1ccccc12)[C@H]3C=C(C)C. The maximum atomic E-state index is 15.3. The summed E-state index contributed by atoms with van der Waals surface area (Å²) in [5.74, 6) is -0.0798. The van der Waals surface area contributed by atoms with Crippen LogP contribution in [0.25, 0.3) is 0 Å². The molecule has 5 heterocycles. The zero-order chi connectivity index (χ0) is 29.5. The molecule has 216 valence electrons. The number of para-hydroxylation sites is 1. The van der Waals surface area contributed by atoms with Gasteiger partial charge in [-0.05, 0) is 76.3 Å². The van der Waals surface area contributed by atoms with E-state index in [1.165, 1.54) is 6.92 Å². The van der Waals surface area contributed by atoms with E-state index < -0.39 is 28.7 Å². The van der Waals surface area contributed by atoms with E-state index in [2.05, 4.69) is 48.3 Å². The summed E-state index contributed by atoms with van der Waals surface area (Å²) in [5, 5.41) is 2.98. The van der Waals surface area contributed by atoms with Gasteiger partial charge in [-0.2, -0.15) is 0 Å². The third kappa shape index (κ3) is 3.61. The van der Waals surface area contributed by atoms with Crippen molar-refractivity contribution in [3.05, 3.63) is 70.8 Å². The molecular formula is C33H40N4O4. The number of benzene rings is 2. The molecule has 3 amide bonds. The number of fused-ring (bicyclic) bond motifs is 2. The van der Waals surface area contributed by atoms with Crippen molar-refractivity contribution < 1.29 is 19.1 Å². The monoisotopic (exact) mass is 556 g/mol. The summed E-state index contributed by atoms with van der Waals surface area (Å²) in [6.45, 7) is 12.2. The van der Waals surface area contributed by atoms with E-state index in [1.807, 2.05) is 57.0 Å². The lowest BCUT2D eigenvalue weighted by molar-refractivity contribution is -0.148. The molecular weight excluding hydrogens is 516 g/mol. The van der Waals surface area contributed by atoms with E-state index in [4.69, 9.17) is 4.74 Å². The number of hydrogen-bond donors (Lipinski definition) is 1. The number of nitrogens with zero attached hydrogens (tertiary/aromatic N) is 3. The number of allylic oxidation sites excluding steroid dienone is 1. The highest BCUT2D eigenvalue weighted by molar-refractivity contribution is 6.03. The molecule has 0 aromatic heterocycles. The Morgan fingerprint density at radius 1 is 1.07 bits per heavy atom. The molecule has 2 aromatic rings. The van der Waals surface area contributed by atoms with Crippen LogP contribution in [-0.2, 0) is 25.2 Å². The highest BCUT2D eigenvalue weighted by Gasteiger charge is 2.75. The Labute approximate surface area is 242 Å². The van der Waals surface area contributed by atoms with Crippen LogP contribution in [0.2, 0.25) is 0 Å². The number of nitrogens with one attached hydrogen (secondary N) is 1. The van der Waals surface area contributed by atoms with Crippen LogP contribution in [0.4, 0.5) is 16.2 Å². The molecule has 0 unspecified atom stereocenters. The van der Waals surface area contributed by atoms with E-state index in [1.54, 1.807) is 4.90 Å². The van der Waals surface area contributed by atoms with Crippen molar-refractivity contribution in [3.63, 3.8) is 0 Å². The summed E-state index contributed by atoms with van der Waals surface area (Å²) >= 11 is 0. The first kappa shape index (κ1) is 27.4. The second-order valence-electron chi connectivity index (χ2n) is 13.1. The maximum absolute atomic E-state index is 15.3. The van der Waals surface area contributed by atoms with Gasteiger partial charge in [0.25, 0.3) is 0 Å². The zero-order valence-electron chi connectivity index (χ0n) is 25.1. The molecule has 41 heavy (non-hydrogen) atoms. The molecule has 1 saturated heterocycles. The lowest BCUT2D eigenvalue weighted by Gasteiger charge is -2.61. The fourth-order valence-corrected chi connectivity index (χ4v) is 8.17. The molecule has 1 fully saturated rings. The molecule has 8 nitrogen and oxygen atoms in total. The average Bonchev–Trinajstić information content (AvgIpc) is 3.01. The normalized spacial score (nSPS) is 27.2. The maximum Gasteiger partial charge on any atom is 0.416 e. The fraction of sp³-hybridized carbons (Fsp3) is 0.485. The van der Waals surface area contributed by atoms with Gasteiger partial charge in [0, 0.05) is 32.7 Å². The molecule has 0 saturated carbocycles. The molecule has 5 aliphatic rings. The van der Waals surface area contributed by atoms with E-state index in [-0.39, 0.29) is 17.9 Å². The number of carbonyl (C=O) groups is 3. The van der Waals surface area contributed by atoms with Crippen molar-refractivity contribution in [2.24, 2.45) is 0 Å². The van der Waals surface area contributed by atoms with Gasteiger partial charge in [0.2, 0.25) is 11.8 Å². The molecule has 4 atom stereocenters. The third-order valence-electron chi connectivity index (χ3n) is 9.32. The van der Waals surface area contributed by atoms with Crippen molar-refractivity contribution in [2.75, 3.05) is 29.9 Å². The number of rotatable bonds is 4. The largest absolute Gasteiger partial charge is 0.443 e. The van der Waals surface area contributed by atoms with Crippen LogP contribution in [0.1, 0.15) is 77.1 Å². The van der Waals surface area contributed by atoms with Crippen LogP contribution >= 0.6 is 0 Å². The van der Waals surface area contributed by atoms with Gasteiger partial charge in [-0.15, -0.1) is 0 Å². The lowest BCUT2D eigenvalue weighted by atomic mass is 9.49. The Hall–Kier alpha value is -3.81. The number of amides is 3. The van der Waals surface area contributed by atoms with Gasteiger partial charge in [-0.25, -0.2) is 4.79 Å². The second-order valence-corrected chi connectivity index (χ2v) is 13.1. The quantitative estimate of drug-likeness (QED) is 0.526. The van der Waals surface area contributed by atoms with Crippen molar-refractivity contribution in [2.45, 2.75) is 83.0 Å². The van der Waals surface area contributed by atoms with Gasteiger partial charge in [0.15, 0.2) is 0 Å². The summed E-state index contributed by atoms with van der Waals surface area (Å²) in [5.41, 5.74) is 3.44. The van der Waals surface area contributed by atoms with Crippen LogP contribution in [0, 0.1) is 0 Å². The summed E-state index contributed by atoms with van der Waals surface area (Å²) in [6.07, 6.45) is 2.37. The van der Waals surface area contributed by atoms with Gasteiger partial charge in [-0.1, -0.05) is 42.0 Å². The van der Waals surface area contributed by atoms with Gasteiger partial charge < -0.3 is 19.9 Å². The zero-order valence-corrected chi connectivity index (χ0v) is 25.1. The molecule has 1 N–H and O–H groups in total. The standard InChI is InChI=1S/C33H40N4O4/c1-20(2)19-26-22-11-10-14-25-27(22)33-16-18-36(26)29(39)32(33,15-17-34-21(3)38)23-12-8-9-13-24(23)37(28(33)35(25)7)30(40)41-31(4,5)6/h8-14,19,26,28H,15-18H2,1-7H3,(H,34,38)/t26-,28+,32+,33+/m1/s1. The number of carbonyl (C=O) groups excluding carboxylic acids is 3. The molecule has 0 radical (unpaired) electrons. The number of piperidine rings is 1. The Kier molecular flexibility index (Phi) is 6.07. The first-order chi connectivity index (χ1) is 19.3. The van der Waals surface area contributed by atoms with E-state index in [0.29, 0.717) is 31.6 Å². The van der Waals surface area contributed by atoms with Gasteiger partial charge in [-0.3, -0.25) is 14.5 Å². The number of anilines is 2. The molecule has 2 aromatic carbocycles. The first-order valence-corrected chi connectivity index (χ1v) is 14.5. The van der Waals surface area contributed by atoms with Gasteiger partial charge >= 0.3 is 6.09 Å². The predicted molar refractivity (Wildman–Crippen MR) is 159 cm³/mol. The molecule has 0 aliphatic carbocycles. The van der Waals surface area contributed by atoms with Crippen LogP contribution in [0.3, 0.4) is 0 Å². The minimum Gasteiger partial charge on any atom is -0.443 e. The van der Waals surface area contributed by atoms with Gasteiger partial charge in [0.05, 0.1) is 22.6 Å². The molecule has 5 aliphatic heterocycles. The van der Waals surface area contributed by atoms with Crippen LogP contribution in [0.5, 0.6) is 0 Å².